The van der Waals surface area contributed by atoms with Gasteiger partial charge in [-0.3, -0.25) is 0 Å². The Labute approximate surface area is 112 Å². The van der Waals surface area contributed by atoms with Crippen LogP contribution in [0.5, 0.6) is 0 Å². The van der Waals surface area contributed by atoms with E-state index >= 15 is 0 Å². The Morgan fingerprint density at radius 2 is 2.11 bits per heavy atom. The van der Waals surface area contributed by atoms with Crippen LogP contribution < -0.4 is 5.32 Å². The molecule has 0 amide bonds. The van der Waals surface area contributed by atoms with Crippen LogP contribution in [0.1, 0.15) is 51.5 Å². The molecule has 1 heterocycles. The van der Waals surface area contributed by atoms with Crippen molar-refractivity contribution in [3.63, 3.8) is 0 Å². The minimum atomic E-state index is 0.522. The molecule has 1 N–H and O–H groups in total. The van der Waals surface area contributed by atoms with Crippen molar-refractivity contribution in [2.45, 2.75) is 67.9 Å². The zero-order valence-electron chi connectivity index (χ0n) is 10.9. The standard InChI is InChI=1S/C12H21N5S/c1-9(8-13-10-4-2-3-5-10)18-12-14-15-16-17(12)11-6-7-11/h9-11,13H,2-8H2,1H3. The van der Waals surface area contributed by atoms with Gasteiger partial charge in [0.05, 0.1) is 6.04 Å². The number of hydrogen-bond donors (Lipinski definition) is 1. The highest BCUT2D eigenvalue weighted by Crippen LogP contribution is 2.37. The van der Waals surface area contributed by atoms with Crippen molar-refractivity contribution in [2.24, 2.45) is 0 Å². The number of tetrazole rings is 1. The van der Waals surface area contributed by atoms with Gasteiger partial charge in [0.25, 0.3) is 0 Å². The van der Waals surface area contributed by atoms with Crippen LogP contribution in [0.15, 0.2) is 5.16 Å². The third-order valence-corrected chi connectivity index (χ3v) is 4.76. The third kappa shape index (κ3) is 3.03. The van der Waals surface area contributed by atoms with E-state index in [9.17, 15) is 0 Å². The Hall–Kier alpha value is -0.620. The third-order valence-electron chi connectivity index (χ3n) is 3.71. The van der Waals surface area contributed by atoms with Crippen LogP contribution in [0.2, 0.25) is 0 Å². The highest BCUT2D eigenvalue weighted by Gasteiger charge is 2.28. The van der Waals surface area contributed by atoms with Crippen LogP contribution in [0.3, 0.4) is 0 Å². The number of thioether (sulfide) groups is 1. The fourth-order valence-electron chi connectivity index (χ4n) is 2.50. The molecule has 0 aromatic carbocycles. The summed E-state index contributed by atoms with van der Waals surface area (Å²) in [7, 11) is 0. The first-order chi connectivity index (χ1) is 8.83. The van der Waals surface area contributed by atoms with Crippen molar-refractivity contribution in [3.8, 4) is 0 Å². The van der Waals surface area contributed by atoms with E-state index in [1.165, 1.54) is 38.5 Å². The van der Waals surface area contributed by atoms with Crippen molar-refractivity contribution in [3.05, 3.63) is 0 Å². The minimum Gasteiger partial charge on any atom is -0.313 e. The number of nitrogens with one attached hydrogen (secondary N) is 1. The predicted molar refractivity (Wildman–Crippen MR) is 71.7 cm³/mol. The van der Waals surface area contributed by atoms with Crippen LogP contribution in [-0.2, 0) is 0 Å². The van der Waals surface area contributed by atoms with E-state index in [2.05, 4.69) is 27.8 Å². The monoisotopic (exact) mass is 267 g/mol. The zero-order chi connectivity index (χ0) is 12.4. The first kappa shape index (κ1) is 12.4. The molecule has 5 nitrogen and oxygen atoms in total. The van der Waals surface area contributed by atoms with E-state index < -0.39 is 0 Å². The molecule has 2 saturated carbocycles. The molecule has 1 aromatic rings. The summed E-state index contributed by atoms with van der Waals surface area (Å²) in [6.45, 7) is 3.30. The molecule has 1 unspecified atom stereocenters. The Morgan fingerprint density at radius 1 is 1.33 bits per heavy atom. The molecule has 0 radical (unpaired) electrons. The lowest BCUT2D eigenvalue weighted by Crippen LogP contribution is -2.31. The molecule has 0 bridgehead atoms. The number of nitrogens with zero attached hydrogens (tertiary/aromatic N) is 4. The minimum absolute atomic E-state index is 0.522. The molecule has 2 fully saturated rings. The van der Waals surface area contributed by atoms with Gasteiger partial charge in [0.2, 0.25) is 5.16 Å². The maximum atomic E-state index is 4.13. The lowest BCUT2D eigenvalue weighted by molar-refractivity contribution is 0.525. The van der Waals surface area contributed by atoms with E-state index in [4.69, 9.17) is 0 Å². The average Bonchev–Trinajstić information content (AvgIpc) is 2.90. The molecule has 3 rings (SSSR count). The summed E-state index contributed by atoms with van der Waals surface area (Å²) in [6.07, 6.45) is 7.92. The van der Waals surface area contributed by atoms with Crippen LogP contribution in [0.25, 0.3) is 0 Å². The summed E-state index contributed by atoms with van der Waals surface area (Å²) in [5.41, 5.74) is 0. The summed E-state index contributed by atoms with van der Waals surface area (Å²) in [5.74, 6) is 0. The van der Waals surface area contributed by atoms with E-state index in [0.29, 0.717) is 11.3 Å². The van der Waals surface area contributed by atoms with Crippen LogP contribution in [0.4, 0.5) is 0 Å². The van der Waals surface area contributed by atoms with Crippen molar-refractivity contribution >= 4 is 11.8 Å². The van der Waals surface area contributed by atoms with E-state index in [1.54, 1.807) is 11.8 Å². The fourth-order valence-corrected chi connectivity index (χ4v) is 3.41. The predicted octanol–water partition coefficient (Wildman–Crippen LogP) is 2.02. The number of rotatable bonds is 6. The first-order valence-corrected chi connectivity index (χ1v) is 7.89. The van der Waals surface area contributed by atoms with Crippen molar-refractivity contribution in [1.82, 2.24) is 25.5 Å². The molecule has 18 heavy (non-hydrogen) atoms. The van der Waals surface area contributed by atoms with Crippen molar-refractivity contribution < 1.29 is 0 Å². The van der Waals surface area contributed by atoms with Gasteiger partial charge in [0, 0.05) is 17.8 Å². The summed E-state index contributed by atoms with van der Waals surface area (Å²) >= 11 is 1.79. The van der Waals surface area contributed by atoms with Gasteiger partial charge in [-0.2, -0.15) is 0 Å². The summed E-state index contributed by atoms with van der Waals surface area (Å²) in [6, 6.07) is 1.31. The van der Waals surface area contributed by atoms with Crippen LogP contribution >= 0.6 is 11.8 Å². The topological polar surface area (TPSA) is 55.6 Å². The summed E-state index contributed by atoms with van der Waals surface area (Å²) in [5, 5.41) is 17.2. The molecule has 6 heteroatoms. The van der Waals surface area contributed by atoms with Crippen LogP contribution in [0, 0.1) is 0 Å². The van der Waals surface area contributed by atoms with Gasteiger partial charge in [0.1, 0.15) is 0 Å². The van der Waals surface area contributed by atoms with Gasteiger partial charge < -0.3 is 5.32 Å². The Kier molecular flexibility index (Phi) is 3.84. The fraction of sp³-hybridized carbons (Fsp3) is 0.917. The van der Waals surface area contributed by atoms with E-state index in [-0.39, 0.29) is 0 Å². The first-order valence-electron chi connectivity index (χ1n) is 7.01. The van der Waals surface area contributed by atoms with Gasteiger partial charge in [-0.05, 0) is 36.1 Å². The van der Waals surface area contributed by atoms with Gasteiger partial charge >= 0.3 is 0 Å². The second-order valence-corrected chi connectivity index (χ2v) is 6.86. The molecular weight excluding hydrogens is 246 g/mol. The van der Waals surface area contributed by atoms with Crippen molar-refractivity contribution in [2.75, 3.05) is 6.54 Å². The Morgan fingerprint density at radius 3 is 2.83 bits per heavy atom. The number of aromatic nitrogens is 4. The molecule has 100 valence electrons. The quantitative estimate of drug-likeness (QED) is 0.799. The molecule has 2 aliphatic carbocycles. The molecule has 0 saturated heterocycles. The SMILES string of the molecule is CC(CNC1CCCC1)Sc1nnnn1C1CC1. The maximum Gasteiger partial charge on any atom is 0.209 e. The lowest BCUT2D eigenvalue weighted by atomic mass is 10.2. The Balaban J connectivity index is 1.47. The highest BCUT2D eigenvalue weighted by molar-refractivity contribution is 7.99. The Bertz CT molecular complexity index is 384. The van der Waals surface area contributed by atoms with E-state index in [1.807, 2.05) is 4.68 Å². The van der Waals surface area contributed by atoms with Gasteiger partial charge in [-0.1, -0.05) is 31.5 Å². The second kappa shape index (κ2) is 5.57. The molecular formula is C12H21N5S. The summed E-state index contributed by atoms with van der Waals surface area (Å²) < 4.78 is 2.00. The van der Waals surface area contributed by atoms with Gasteiger partial charge in [0.15, 0.2) is 0 Å². The zero-order valence-corrected chi connectivity index (χ0v) is 11.7. The molecule has 1 atom stereocenters. The highest BCUT2D eigenvalue weighted by atomic mass is 32.2. The maximum absolute atomic E-state index is 4.13. The average molecular weight is 267 g/mol. The van der Waals surface area contributed by atoms with E-state index in [0.717, 1.165) is 17.7 Å². The smallest absolute Gasteiger partial charge is 0.209 e. The molecule has 2 aliphatic rings. The second-order valence-electron chi connectivity index (χ2n) is 5.46. The van der Waals surface area contributed by atoms with Crippen molar-refractivity contribution in [1.29, 1.82) is 0 Å². The number of hydrogen-bond acceptors (Lipinski definition) is 5. The summed E-state index contributed by atoms with van der Waals surface area (Å²) in [4.78, 5) is 0. The molecule has 0 aliphatic heterocycles. The van der Waals surface area contributed by atoms with Gasteiger partial charge in [-0.15, -0.1) is 5.10 Å². The largest absolute Gasteiger partial charge is 0.313 e. The lowest BCUT2D eigenvalue weighted by Gasteiger charge is -2.16. The van der Waals surface area contributed by atoms with Crippen LogP contribution in [-0.4, -0.2) is 38.0 Å². The molecule has 0 spiro atoms. The van der Waals surface area contributed by atoms with Gasteiger partial charge in [-0.25, -0.2) is 4.68 Å². The normalized spacial score (nSPS) is 22.5. The molecule has 1 aromatic heterocycles.